The molecular formula is C17H19N7O. The molecule has 128 valence electrons. The van der Waals surface area contributed by atoms with Crippen molar-refractivity contribution in [1.29, 1.82) is 0 Å². The van der Waals surface area contributed by atoms with E-state index >= 15 is 0 Å². The SMILES string of the molecule is C=C1C(=O)N(Cc2ccc(-n3ccnn3)nn2)C=CN1C1CCCC1. The molecule has 1 aliphatic carbocycles. The first kappa shape index (κ1) is 15.5. The summed E-state index contributed by atoms with van der Waals surface area (Å²) in [5.74, 6) is 0.495. The highest BCUT2D eigenvalue weighted by Gasteiger charge is 2.30. The Bertz CT molecular complexity index is 791. The fraction of sp³-hybridized carbons (Fsp3) is 0.353. The van der Waals surface area contributed by atoms with Crippen LogP contribution in [0.5, 0.6) is 0 Å². The monoisotopic (exact) mass is 337 g/mol. The number of hydrogen-bond donors (Lipinski definition) is 0. The maximum Gasteiger partial charge on any atom is 0.274 e. The molecule has 0 spiro atoms. The molecule has 0 saturated heterocycles. The van der Waals surface area contributed by atoms with Gasteiger partial charge in [0.2, 0.25) is 0 Å². The molecule has 0 unspecified atom stereocenters. The molecule has 0 radical (unpaired) electrons. The minimum absolute atomic E-state index is 0.0865. The number of carbonyl (C=O) groups excluding carboxylic acids is 1. The second-order valence-electron chi connectivity index (χ2n) is 6.25. The zero-order chi connectivity index (χ0) is 17.2. The first-order valence-electron chi connectivity index (χ1n) is 8.38. The van der Waals surface area contributed by atoms with Crippen LogP contribution in [0.15, 0.2) is 49.2 Å². The van der Waals surface area contributed by atoms with Gasteiger partial charge in [-0.25, -0.2) is 4.68 Å². The Balaban J connectivity index is 1.46. The molecular weight excluding hydrogens is 318 g/mol. The molecule has 2 aliphatic rings. The lowest BCUT2D eigenvalue weighted by Crippen LogP contribution is -2.41. The lowest BCUT2D eigenvalue weighted by atomic mass is 10.1. The van der Waals surface area contributed by atoms with E-state index in [-0.39, 0.29) is 5.91 Å². The summed E-state index contributed by atoms with van der Waals surface area (Å²) in [5.41, 5.74) is 1.23. The zero-order valence-corrected chi connectivity index (χ0v) is 13.8. The van der Waals surface area contributed by atoms with Crippen molar-refractivity contribution in [1.82, 2.24) is 35.0 Å². The summed E-state index contributed by atoms with van der Waals surface area (Å²) in [6, 6.07) is 4.03. The van der Waals surface area contributed by atoms with Gasteiger partial charge < -0.3 is 9.80 Å². The van der Waals surface area contributed by atoms with Crippen LogP contribution >= 0.6 is 0 Å². The van der Waals surface area contributed by atoms with Crippen LogP contribution in [0.1, 0.15) is 31.4 Å². The van der Waals surface area contributed by atoms with E-state index in [4.69, 9.17) is 0 Å². The quantitative estimate of drug-likeness (QED) is 0.789. The van der Waals surface area contributed by atoms with Crippen LogP contribution in [-0.2, 0) is 11.3 Å². The Morgan fingerprint density at radius 3 is 2.68 bits per heavy atom. The van der Waals surface area contributed by atoms with Crippen LogP contribution in [0, 0.1) is 0 Å². The summed E-state index contributed by atoms with van der Waals surface area (Å²) < 4.78 is 1.53. The molecule has 0 aromatic carbocycles. The van der Waals surface area contributed by atoms with Gasteiger partial charge in [0.05, 0.1) is 24.6 Å². The molecule has 2 aromatic heterocycles. The van der Waals surface area contributed by atoms with Gasteiger partial charge >= 0.3 is 0 Å². The maximum atomic E-state index is 12.6. The molecule has 1 aliphatic heterocycles. The first-order chi connectivity index (χ1) is 12.2. The van der Waals surface area contributed by atoms with E-state index < -0.39 is 0 Å². The van der Waals surface area contributed by atoms with Crippen LogP contribution in [0.2, 0.25) is 0 Å². The maximum absolute atomic E-state index is 12.6. The highest BCUT2D eigenvalue weighted by atomic mass is 16.2. The number of amides is 1. The average molecular weight is 337 g/mol. The highest BCUT2D eigenvalue weighted by Crippen LogP contribution is 2.29. The third-order valence-electron chi connectivity index (χ3n) is 4.64. The lowest BCUT2D eigenvalue weighted by molar-refractivity contribution is -0.127. The smallest absolute Gasteiger partial charge is 0.274 e. The predicted octanol–water partition coefficient (Wildman–Crippen LogP) is 1.63. The molecule has 25 heavy (non-hydrogen) atoms. The Morgan fingerprint density at radius 1 is 1.16 bits per heavy atom. The van der Waals surface area contributed by atoms with Gasteiger partial charge in [-0.3, -0.25) is 4.79 Å². The molecule has 8 nitrogen and oxygen atoms in total. The molecule has 1 saturated carbocycles. The van der Waals surface area contributed by atoms with Gasteiger partial charge in [-0.1, -0.05) is 24.6 Å². The van der Waals surface area contributed by atoms with E-state index in [9.17, 15) is 4.79 Å². The minimum Gasteiger partial charge on any atom is -0.339 e. The first-order valence-corrected chi connectivity index (χ1v) is 8.38. The van der Waals surface area contributed by atoms with Gasteiger partial charge in [-0.2, -0.15) is 5.10 Å². The van der Waals surface area contributed by atoms with E-state index in [1.54, 1.807) is 23.4 Å². The van der Waals surface area contributed by atoms with Crippen molar-refractivity contribution in [2.75, 3.05) is 0 Å². The van der Waals surface area contributed by atoms with Crippen molar-refractivity contribution in [3.63, 3.8) is 0 Å². The molecule has 0 bridgehead atoms. The molecule has 1 fully saturated rings. The molecule has 8 heteroatoms. The van der Waals surface area contributed by atoms with Crippen LogP contribution in [0.3, 0.4) is 0 Å². The van der Waals surface area contributed by atoms with E-state index in [0.717, 1.165) is 12.8 Å². The van der Waals surface area contributed by atoms with E-state index in [2.05, 4.69) is 27.1 Å². The Morgan fingerprint density at radius 2 is 2.00 bits per heavy atom. The second-order valence-corrected chi connectivity index (χ2v) is 6.25. The van der Waals surface area contributed by atoms with Crippen molar-refractivity contribution in [2.24, 2.45) is 0 Å². The predicted molar refractivity (Wildman–Crippen MR) is 89.9 cm³/mol. The third kappa shape index (κ3) is 3.02. The number of carbonyl (C=O) groups is 1. The molecule has 2 aromatic rings. The Labute approximate surface area is 145 Å². The summed E-state index contributed by atoms with van der Waals surface area (Å²) in [6.45, 7) is 4.35. The summed E-state index contributed by atoms with van der Waals surface area (Å²) >= 11 is 0. The highest BCUT2D eigenvalue weighted by molar-refractivity contribution is 5.94. The standard InChI is InChI=1S/C17H19N7O/c1-13-17(25)22(10-11-23(13)15-4-2-3-5-15)12-14-6-7-16(20-19-14)24-9-8-18-21-24/h6-11,15H,1-5,12H2. The van der Waals surface area contributed by atoms with Gasteiger partial charge in [0.25, 0.3) is 5.91 Å². The van der Waals surface area contributed by atoms with Gasteiger partial charge in [-0.05, 0) is 25.0 Å². The van der Waals surface area contributed by atoms with E-state index in [1.807, 2.05) is 23.4 Å². The summed E-state index contributed by atoms with van der Waals surface area (Å²) in [7, 11) is 0. The van der Waals surface area contributed by atoms with Crippen LogP contribution in [0.4, 0.5) is 0 Å². The Hall–Kier alpha value is -3.03. The average Bonchev–Trinajstić information content (AvgIpc) is 3.33. The van der Waals surface area contributed by atoms with E-state index in [0.29, 0.717) is 29.8 Å². The van der Waals surface area contributed by atoms with Gasteiger partial charge in [0.1, 0.15) is 5.70 Å². The topological polar surface area (TPSA) is 80.0 Å². The molecule has 0 atom stereocenters. The fourth-order valence-electron chi connectivity index (χ4n) is 3.30. The normalized spacial score (nSPS) is 18.4. The van der Waals surface area contributed by atoms with Crippen LogP contribution in [0.25, 0.3) is 5.82 Å². The largest absolute Gasteiger partial charge is 0.339 e. The molecule has 4 rings (SSSR count). The zero-order valence-electron chi connectivity index (χ0n) is 13.8. The van der Waals surface area contributed by atoms with Gasteiger partial charge in [-0.15, -0.1) is 10.2 Å². The second kappa shape index (κ2) is 6.46. The van der Waals surface area contributed by atoms with Crippen LogP contribution in [-0.4, -0.2) is 46.9 Å². The van der Waals surface area contributed by atoms with Gasteiger partial charge in [0.15, 0.2) is 5.82 Å². The van der Waals surface area contributed by atoms with Crippen molar-refractivity contribution in [2.45, 2.75) is 38.3 Å². The lowest BCUT2D eigenvalue weighted by Gasteiger charge is -2.35. The van der Waals surface area contributed by atoms with Crippen LogP contribution < -0.4 is 0 Å². The summed E-state index contributed by atoms with van der Waals surface area (Å²) in [5, 5.41) is 15.9. The minimum atomic E-state index is -0.0865. The third-order valence-corrected chi connectivity index (χ3v) is 4.64. The summed E-state index contributed by atoms with van der Waals surface area (Å²) in [6.07, 6.45) is 11.7. The van der Waals surface area contributed by atoms with Crippen molar-refractivity contribution < 1.29 is 4.79 Å². The van der Waals surface area contributed by atoms with Crippen molar-refractivity contribution >= 4 is 5.91 Å². The number of nitrogens with zero attached hydrogens (tertiary/aromatic N) is 7. The number of rotatable bonds is 4. The molecule has 1 amide bonds. The Kier molecular flexibility index (Phi) is 4.01. The van der Waals surface area contributed by atoms with Crippen molar-refractivity contribution in [3.05, 3.63) is 54.9 Å². The summed E-state index contributed by atoms with van der Waals surface area (Å²) in [4.78, 5) is 16.3. The van der Waals surface area contributed by atoms with E-state index in [1.165, 1.54) is 17.5 Å². The number of hydrogen-bond acceptors (Lipinski definition) is 6. The van der Waals surface area contributed by atoms with Crippen molar-refractivity contribution in [3.8, 4) is 5.82 Å². The molecule has 3 heterocycles. The molecule has 0 N–H and O–H groups in total. The fourth-order valence-corrected chi connectivity index (χ4v) is 3.30. The van der Waals surface area contributed by atoms with Gasteiger partial charge in [0, 0.05) is 18.4 Å². The number of aromatic nitrogens is 5.